The molecule has 3 aromatic rings. The number of carbonyl (C=O) groups is 1. The van der Waals surface area contributed by atoms with Crippen LogP contribution in [0.15, 0.2) is 59.5 Å². The number of benzene rings is 2. The van der Waals surface area contributed by atoms with Crippen molar-refractivity contribution < 1.29 is 9.53 Å². The minimum absolute atomic E-state index is 0.0896. The van der Waals surface area contributed by atoms with E-state index in [-0.39, 0.29) is 10.6 Å². The van der Waals surface area contributed by atoms with Gasteiger partial charge in [-0.3, -0.25) is 9.69 Å². The Bertz CT molecular complexity index is 1190. The third kappa shape index (κ3) is 4.54. The lowest BCUT2D eigenvalue weighted by atomic mass is 10.1. The van der Waals surface area contributed by atoms with E-state index in [0.717, 1.165) is 37.4 Å². The summed E-state index contributed by atoms with van der Waals surface area (Å²) in [5, 5.41) is 4.40. The van der Waals surface area contributed by atoms with Gasteiger partial charge in [-0.05, 0) is 24.6 Å². The molecule has 0 spiro atoms. The molecule has 7 nitrogen and oxygen atoms in total. The summed E-state index contributed by atoms with van der Waals surface area (Å²) in [7, 11) is 1.30. The quantitative estimate of drug-likeness (QED) is 0.553. The van der Waals surface area contributed by atoms with Gasteiger partial charge in [-0.25, -0.2) is 4.79 Å². The Morgan fingerprint density at radius 1 is 1.06 bits per heavy atom. The highest BCUT2D eigenvalue weighted by molar-refractivity contribution is 6.33. The van der Waals surface area contributed by atoms with E-state index in [1.807, 2.05) is 0 Å². The first-order valence-corrected chi connectivity index (χ1v) is 10.8. The largest absolute Gasteiger partial charge is 0.465 e. The molecule has 1 aliphatic heterocycles. The normalized spacial score (nSPS) is 14.4. The maximum absolute atomic E-state index is 13.0. The van der Waals surface area contributed by atoms with Crippen LogP contribution >= 0.6 is 11.6 Å². The summed E-state index contributed by atoms with van der Waals surface area (Å²) in [5.41, 5.74) is 3.28. The van der Waals surface area contributed by atoms with Crippen molar-refractivity contribution in [1.29, 1.82) is 0 Å². The summed E-state index contributed by atoms with van der Waals surface area (Å²) in [6, 6.07) is 15.2. The number of rotatable bonds is 5. The van der Waals surface area contributed by atoms with Crippen molar-refractivity contribution in [2.45, 2.75) is 13.5 Å². The monoisotopic (exact) mass is 452 g/mol. The average molecular weight is 453 g/mol. The first-order chi connectivity index (χ1) is 15.5. The van der Waals surface area contributed by atoms with Crippen LogP contribution in [0.4, 0.5) is 5.69 Å². The van der Waals surface area contributed by atoms with Gasteiger partial charge in [0.25, 0.3) is 5.56 Å². The van der Waals surface area contributed by atoms with E-state index in [1.165, 1.54) is 18.2 Å². The fraction of sp³-hybridized carbons (Fsp3) is 0.292. The molecule has 0 amide bonds. The first kappa shape index (κ1) is 22.0. The molecule has 166 valence electrons. The molecule has 0 unspecified atom stereocenters. The number of methoxy groups -OCH3 is 1. The van der Waals surface area contributed by atoms with Crippen LogP contribution in [0.2, 0.25) is 5.02 Å². The molecule has 0 bridgehead atoms. The Kier molecular flexibility index (Phi) is 6.58. The van der Waals surface area contributed by atoms with Crippen molar-refractivity contribution in [1.82, 2.24) is 14.7 Å². The SMILES string of the molecule is COC(=O)c1ccccc1-n1ncc(N2CCN(Cc3cccc(C)c3)CC2)c(Cl)c1=O. The Hall–Kier alpha value is -3.16. The van der Waals surface area contributed by atoms with Crippen LogP contribution in [0.25, 0.3) is 5.69 Å². The zero-order valence-electron chi connectivity index (χ0n) is 18.1. The van der Waals surface area contributed by atoms with Gasteiger partial charge in [0.2, 0.25) is 0 Å². The van der Waals surface area contributed by atoms with E-state index in [9.17, 15) is 9.59 Å². The van der Waals surface area contributed by atoms with Crippen LogP contribution in [-0.4, -0.2) is 53.9 Å². The number of esters is 1. The number of piperazine rings is 1. The maximum atomic E-state index is 13.0. The van der Waals surface area contributed by atoms with E-state index < -0.39 is 11.5 Å². The number of carbonyl (C=O) groups excluding carboxylic acids is 1. The summed E-state index contributed by atoms with van der Waals surface area (Å²) in [6.07, 6.45) is 1.59. The summed E-state index contributed by atoms with van der Waals surface area (Å²) in [6.45, 7) is 6.21. The van der Waals surface area contributed by atoms with Gasteiger partial charge in [0, 0.05) is 32.7 Å². The molecule has 32 heavy (non-hydrogen) atoms. The highest BCUT2D eigenvalue weighted by Gasteiger charge is 2.23. The molecular weight excluding hydrogens is 428 g/mol. The Morgan fingerprint density at radius 3 is 2.53 bits per heavy atom. The van der Waals surface area contributed by atoms with Crippen LogP contribution in [0, 0.1) is 6.92 Å². The number of hydrogen-bond acceptors (Lipinski definition) is 6. The summed E-state index contributed by atoms with van der Waals surface area (Å²) < 4.78 is 5.96. The average Bonchev–Trinajstić information content (AvgIpc) is 2.81. The minimum atomic E-state index is -0.542. The molecule has 2 aromatic carbocycles. The lowest BCUT2D eigenvalue weighted by Gasteiger charge is -2.36. The molecule has 1 fully saturated rings. The van der Waals surface area contributed by atoms with Crippen LogP contribution in [0.1, 0.15) is 21.5 Å². The highest BCUT2D eigenvalue weighted by Crippen LogP contribution is 2.24. The van der Waals surface area contributed by atoms with Gasteiger partial charge in [-0.15, -0.1) is 0 Å². The standard InChI is InChI=1S/C24H25ClN4O3/c1-17-6-5-7-18(14-17)16-27-10-12-28(13-11-27)21-15-26-29(23(30)22(21)25)20-9-4-3-8-19(20)24(31)32-2/h3-9,14-15H,10-13,16H2,1-2H3. The smallest absolute Gasteiger partial charge is 0.340 e. The van der Waals surface area contributed by atoms with Crippen LogP contribution in [0.5, 0.6) is 0 Å². The van der Waals surface area contributed by atoms with Crippen molar-refractivity contribution in [2.24, 2.45) is 0 Å². The summed E-state index contributed by atoms with van der Waals surface area (Å²) in [5.74, 6) is -0.542. The zero-order valence-corrected chi connectivity index (χ0v) is 18.9. The molecule has 8 heteroatoms. The Morgan fingerprint density at radius 2 is 1.81 bits per heavy atom. The summed E-state index contributed by atoms with van der Waals surface area (Å²) in [4.78, 5) is 29.6. The molecule has 0 N–H and O–H groups in total. The minimum Gasteiger partial charge on any atom is -0.465 e. The van der Waals surface area contributed by atoms with Gasteiger partial charge in [0.1, 0.15) is 5.02 Å². The van der Waals surface area contributed by atoms with Gasteiger partial charge in [0.05, 0.1) is 30.2 Å². The molecule has 0 aliphatic carbocycles. The van der Waals surface area contributed by atoms with Crippen LogP contribution < -0.4 is 10.5 Å². The second-order valence-corrected chi connectivity index (χ2v) is 8.20. The van der Waals surface area contributed by atoms with Gasteiger partial charge in [0.15, 0.2) is 0 Å². The highest BCUT2D eigenvalue weighted by atomic mass is 35.5. The number of para-hydroxylation sites is 1. The number of ether oxygens (including phenoxy) is 1. The second-order valence-electron chi connectivity index (χ2n) is 7.82. The Labute approximate surface area is 191 Å². The predicted octanol–water partition coefficient (Wildman–Crippen LogP) is 3.30. The number of nitrogens with zero attached hydrogens (tertiary/aromatic N) is 4. The summed E-state index contributed by atoms with van der Waals surface area (Å²) >= 11 is 6.49. The molecule has 1 aromatic heterocycles. The predicted molar refractivity (Wildman–Crippen MR) is 125 cm³/mol. The molecule has 2 heterocycles. The lowest BCUT2D eigenvalue weighted by molar-refractivity contribution is 0.0600. The number of hydrogen-bond donors (Lipinski definition) is 0. The van der Waals surface area contributed by atoms with Gasteiger partial charge >= 0.3 is 5.97 Å². The fourth-order valence-electron chi connectivity index (χ4n) is 3.97. The number of aryl methyl sites for hydroxylation is 1. The number of halogens is 1. The van der Waals surface area contributed by atoms with Crippen molar-refractivity contribution in [3.63, 3.8) is 0 Å². The van der Waals surface area contributed by atoms with Crippen LogP contribution in [0.3, 0.4) is 0 Å². The van der Waals surface area contributed by atoms with Gasteiger partial charge in [-0.2, -0.15) is 9.78 Å². The first-order valence-electron chi connectivity index (χ1n) is 10.5. The molecule has 0 saturated carbocycles. The van der Waals surface area contributed by atoms with Crippen molar-refractivity contribution in [3.8, 4) is 5.69 Å². The molecular formula is C24H25ClN4O3. The number of aromatic nitrogens is 2. The molecule has 0 atom stereocenters. The number of anilines is 1. The van der Waals surface area contributed by atoms with E-state index in [0.29, 0.717) is 11.4 Å². The molecule has 4 rings (SSSR count). The third-order valence-electron chi connectivity index (χ3n) is 5.64. The zero-order chi connectivity index (χ0) is 22.7. The Balaban J connectivity index is 1.52. The van der Waals surface area contributed by atoms with Crippen LogP contribution in [-0.2, 0) is 11.3 Å². The second kappa shape index (κ2) is 9.54. The van der Waals surface area contributed by atoms with E-state index in [4.69, 9.17) is 16.3 Å². The van der Waals surface area contributed by atoms with Crippen molar-refractivity contribution >= 4 is 23.3 Å². The molecule has 0 radical (unpaired) electrons. The van der Waals surface area contributed by atoms with E-state index in [2.05, 4.69) is 46.1 Å². The molecule has 1 saturated heterocycles. The topological polar surface area (TPSA) is 67.7 Å². The third-order valence-corrected chi connectivity index (χ3v) is 5.99. The lowest BCUT2D eigenvalue weighted by Crippen LogP contribution is -2.46. The van der Waals surface area contributed by atoms with Gasteiger partial charge in [-0.1, -0.05) is 53.6 Å². The van der Waals surface area contributed by atoms with Gasteiger partial charge < -0.3 is 9.64 Å². The van der Waals surface area contributed by atoms with Crippen molar-refractivity contribution in [3.05, 3.63) is 86.8 Å². The van der Waals surface area contributed by atoms with Crippen molar-refractivity contribution in [2.75, 3.05) is 38.2 Å². The van der Waals surface area contributed by atoms with E-state index in [1.54, 1.807) is 30.5 Å². The van der Waals surface area contributed by atoms with E-state index >= 15 is 0 Å². The molecule has 1 aliphatic rings. The fourth-order valence-corrected chi connectivity index (χ4v) is 4.22. The maximum Gasteiger partial charge on any atom is 0.340 e.